The van der Waals surface area contributed by atoms with Crippen LogP contribution in [-0.2, 0) is 4.79 Å². The number of carbonyl (C=O) groups excluding carboxylic acids is 2. The second kappa shape index (κ2) is 8.36. The van der Waals surface area contributed by atoms with Gasteiger partial charge in [-0.1, -0.05) is 26.0 Å². The molecule has 0 spiro atoms. The maximum atomic E-state index is 12.6. The molecule has 2 heterocycles. The Morgan fingerprint density at radius 1 is 1.15 bits per heavy atom. The number of nitrogens with one attached hydrogen (secondary N) is 2. The normalized spacial score (nSPS) is 17.2. The molecular weight excluding hydrogens is 346 g/mol. The summed E-state index contributed by atoms with van der Waals surface area (Å²) in [5.74, 6) is 0.270. The van der Waals surface area contributed by atoms with Crippen molar-refractivity contribution in [3.8, 4) is 0 Å². The quantitative estimate of drug-likeness (QED) is 0.814. The van der Waals surface area contributed by atoms with Gasteiger partial charge in [0.15, 0.2) is 0 Å². The fraction of sp³-hybridized carbons (Fsp3) is 0.400. The highest BCUT2D eigenvalue weighted by Crippen LogP contribution is 2.22. The molecule has 2 N–H and O–H groups in total. The highest BCUT2D eigenvalue weighted by molar-refractivity contribution is 7.14. The number of nitrogens with zero attached hydrogens (tertiary/aromatic N) is 1. The van der Waals surface area contributed by atoms with Crippen LogP contribution in [-0.4, -0.2) is 29.9 Å². The topological polar surface area (TPSA) is 61.4 Å². The lowest BCUT2D eigenvalue weighted by atomic mass is 9.97. The number of anilines is 2. The molecule has 1 saturated heterocycles. The Morgan fingerprint density at radius 2 is 1.92 bits per heavy atom. The number of hydrogen-bond acceptors (Lipinski definition) is 3. The summed E-state index contributed by atoms with van der Waals surface area (Å²) in [4.78, 5) is 26.7. The third-order valence-corrected chi connectivity index (χ3v) is 5.46. The first-order valence-corrected chi connectivity index (χ1v) is 9.91. The predicted molar refractivity (Wildman–Crippen MR) is 107 cm³/mol. The van der Waals surface area contributed by atoms with Gasteiger partial charge in [0.25, 0.3) is 0 Å². The third-order valence-electron chi connectivity index (χ3n) is 4.68. The summed E-state index contributed by atoms with van der Waals surface area (Å²) in [6, 6.07) is 11.6. The van der Waals surface area contributed by atoms with Gasteiger partial charge in [0.1, 0.15) is 0 Å². The SMILES string of the molecule is CC(C)c1ccc(NC(=O)C2CCCN(C(=O)Nc3cccs3)C2)cc1. The van der Waals surface area contributed by atoms with Crippen molar-refractivity contribution in [3.05, 3.63) is 47.3 Å². The minimum Gasteiger partial charge on any atom is -0.326 e. The lowest BCUT2D eigenvalue weighted by Crippen LogP contribution is -2.45. The Bertz CT molecular complexity index is 741. The number of rotatable bonds is 4. The highest BCUT2D eigenvalue weighted by Gasteiger charge is 2.28. The Labute approximate surface area is 158 Å². The second-order valence-corrected chi connectivity index (χ2v) is 7.91. The smallest absolute Gasteiger partial charge is 0.322 e. The summed E-state index contributed by atoms with van der Waals surface area (Å²) >= 11 is 1.49. The Balaban J connectivity index is 1.56. The van der Waals surface area contributed by atoms with Gasteiger partial charge < -0.3 is 10.2 Å². The van der Waals surface area contributed by atoms with Crippen molar-refractivity contribution < 1.29 is 9.59 Å². The average molecular weight is 372 g/mol. The van der Waals surface area contributed by atoms with E-state index in [0.717, 1.165) is 23.5 Å². The van der Waals surface area contributed by atoms with Crippen LogP contribution in [0.2, 0.25) is 0 Å². The molecule has 0 bridgehead atoms. The monoisotopic (exact) mass is 371 g/mol. The van der Waals surface area contributed by atoms with Crippen molar-refractivity contribution in [2.75, 3.05) is 23.7 Å². The molecule has 6 heteroatoms. The summed E-state index contributed by atoms with van der Waals surface area (Å²) in [5.41, 5.74) is 2.05. The predicted octanol–water partition coefficient (Wildman–Crippen LogP) is 4.75. The summed E-state index contributed by atoms with van der Waals surface area (Å²) in [6.07, 6.45) is 1.64. The van der Waals surface area contributed by atoms with Crippen molar-refractivity contribution in [1.82, 2.24) is 4.90 Å². The molecule has 1 aliphatic rings. The van der Waals surface area contributed by atoms with Crippen molar-refractivity contribution in [3.63, 3.8) is 0 Å². The third kappa shape index (κ3) is 4.64. The molecule has 1 aliphatic heterocycles. The van der Waals surface area contributed by atoms with Crippen LogP contribution in [0, 0.1) is 5.92 Å². The Kier molecular flexibility index (Phi) is 5.93. The van der Waals surface area contributed by atoms with E-state index in [-0.39, 0.29) is 17.9 Å². The zero-order valence-electron chi connectivity index (χ0n) is 15.2. The molecule has 0 saturated carbocycles. The summed E-state index contributed by atoms with van der Waals surface area (Å²) < 4.78 is 0. The van der Waals surface area contributed by atoms with Crippen LogP contribution in [0.25, 0.3) is 0 Å². The van der Waals surface area contributed by atoms with Gasteiger partial charge in [-0.3, -0.25) is 10.1 Å². The van der Waals surface area contributed by atoms with E-state index in [4.69, 9.17) is 0 Å². The molecule has 3 amide bonds. The number of likely N-dealkylation sites (tertiary alicyclic amines) is 1. The number of benzene rings is 1. The second-order valence-electron chi connectivity index (χ2n) is 6.96. The lowest BCUT2D eigenvalue weighted by molar-refractivity contribution is -0.121. The van der Waals surface area contributed by atoms with Crippen LogP contribution >= 0.6 is 11.3 Å². The number of piperidine rings is 1. The van der Waals surface area contributed by atoms with Crippen molar-refractivity contribution in [1.29, 1.82) is 0 Å². The Morgan fingerprint density at radius 3 is 2.58 bits per heavy atom. The number of carbonyl (C=O) groups is 2. The number of amides is 3. The molecule has 1 unspecified atom stereocenters. The summed E-state index contributed by atoms with van der Waals surface area (Å²) in [6.45, 7) is 5.42. The number of urea groups is 1. The van der Waals surface area contributed by atoms with Crippen LogP contribution < -0.4 is 10.6 Å². The largest absolute Gasteiger partial charge is 0.326 e. The van der Waals surface area contributed by atoms with E-state index in [2.05, 4.69) is 24.5 Å². The fourth-order valence-electron chi connectivity index (χ4n) is 3.11. The van der Waals surface area contributed by atoms with E-state index in [1.807, 2.05) is 41.8 Å². The molecule has 1 aromatic heterocycles. The van der Waals surface area contributed by atoms with E-state index in [1.165, 1.54) is 16.9 Å². The molecule has 26 heavy (non-hydrogen) atoms. The van der Waals surface area contributed by atoms with Gasteiger partial charge in [-0.05, 0) is 54.0 Å². The molecule has 0 radical (unpaired) electrons. The van der Waals surface area contributed by atoms with Gasteiger partial charge in [0, 0.05) is 18.8 Å². The number of hydrogen-bond donors (Lipinski definition) is 2. The minimum atomic E-state index is -0.178. The first-order chi connectivity index (χ1) is 12.5. The molecular formula is C20H25N3O2S. The lowest BCUT2D eigenvalue weighted by Gasteiger charge is -2.31. The molecule has 5 nitrogen and oxygen atoms in total. The van der Waals surface area contributed by atoms with Gasteiger partial charge in [-0.15, -0.1) is 11.3 Å². The van der Waals surface area contributed by atoms with Crippen LogP contribution in [0.15, 0.2) is 41.8 Å². The van der Waals surface area contributed by atoms with Gasteiger partial charge in [-0.25, -0.2) is 4.79 Å². The first kappa shape index (κ1) is 18.5. The van der Waals surface area contributed by atoms with Crippen LogP contribution in [0.1, 0.15) is 38.2 Å². The van der Waals surface area contributed by atoms with Gasteiger partial charge >= 0.3 is 6.03 Å². The minimum absolute atomic E-state index is 0.0177. The molecule has 3 rings (SSSR count). The maximum absolute atomic E-state index is 12.6. The molecule has 1 atom stereocenters. The molecule has 1 aromatic carbocycles. The summed E-state index contributed by atoms with van der Waals surface area (Å²) in [7, 11) is 0. The van der Waals surface area contributed by atoms with Crippen molar-refractivity contribution in [2.45, 2.75) is 32.6 Å². The molecule has 2 aromatic rings. The van der Waals surface area contributed by atoms with E-state index >= 15 is 0 Å². The van der Waals surface area contributed by atoms with E-state index < -0.39 is 0 Å². The standard InChI is InChI=1S/C20H25N3O2S/c1-14(2)15-7-9-17(10-8-15)21-19(24)16-5-3-11-23(13-16)20(25)22-18-6-4-12-26-18/h4,6-10,12,14,16H,3,5,11,13H2,1-2H3,(H,21,24)(H,22,25). The molecule has 0 aliphatic carbocycles. The van der Waals surface area contributed by atoms with Gasteiger partial charge in [-0.2, -0.15) is 0 Å². The van der Waals surface area contributed by atoms with Crippen molar-refractivity contribution in [2.24, 2.45) is 5.92 Å². The average Bonchev–Trinajstić information content (AvgIpc) is 3.15. The zero-order chi connectivity index (χ0) is 18.5. The summed E-state index contributed by atoms with van der Waals surface area (Å²) in [5, 5.41) is 8.63. The van der Waals surface area contributed by atoms with Gasteiger partial charge in [0.2, 0.25) is 5.91 Å². The molecule has 1 fully saturated rings. The van der Waals surface area contributed by atoms with E-state index in [9.17, 15) is 9.59 Å². The molecule has 138 valence electrons. The fourth-order valence-corrected chi connectivity index (χ4v) is 3.71. The first-order valence-electron chi connectivity index (χ1n) is 9.03. The van der Waals surface area contributed by atoms with E-state index in [0.29, 0.717) is 19.0 Å². The van der Waals surface area contributed by atoms with Crippen LogP contribution in [0.4, 0.5) is 15.5 Å². The van der Waals surface area contributed by atoms with E-state index in [1.54, 1.807) is 4.90 Å². The highest BCUT2D eigenvalue weighted by atomic mass is 32.1. The van der Waals surface area contributed by atoms with Crippen LogP contribution in [0.5, 0.6) is 0 Å². The van der Waals surface area contributed by atoms with Crippen LogP contribution in [0.3, 0.4) is 0 Å². The Hall–Kier alpha value is -2.34. The van der Waals surface area contributed by atoms with Gasteiger partial charge in [0.05, 0.1) is 10.9 Å². The number of thiophene rings is 1. The van der Waals surface area contributed by atoms with Crippen molar-refractivity contribution >= 4 is 34.0 Å². The maximum Gasteiger partial charge on any atom is 0.322 e. The zero-order valence-corrected chi connectivity index (χ0v) is 16.0.